The maximum Gasteiger partial charge on any atom is 0.326 e. The van der Waals surface area contributed by atoms with E-state index in [1.54, 1.807) is 27.7 Å². The van der Waals surface area contributed by atoms with Crippen LogP contribution in [-0.4, -0.2) is 71.2 Å². The number of amides is 3. The smallest absolute Gasteiger partial charge is 0.326 e. The van der Waals surface area contributed by atoms with Crippen LogP contribution in [0.4, 0.5) is 0 Å². The first-order valence-electron chi connectivity index (χ1n) is 10.2. The highest BCUT2D eigenvalue weighted by atomic mass is 16.4. The Kier molecular flexibility index (Phi) is 12.8. The molecule has 0 saturated carbocycles. The largest absolute Gasteiger partial charge is 0.480 e. The molecule has 0 aromatic rings. The summed E-state index contributed by atoms with van der Waals surface area (Å²) in [6, 6.07) is -4.26. The predicted molar refractivity (Wildman–Crippen MR) is 111 cm³/mol. The number of aliphatic hydroxyl groups is 1. The zero-order valence-corrected chi connectivity index (χ0v) is 18.2. The van der Waals surface area contributed by atoms with Gasteiger partial charge in [-0.3, -0.25) is 14.4 Å². The number of rotatable bonds is 14. The van der Waals surface area contributed by atoms with Crippen LogP contribution in [-0.2, 0) is 19.2 Å². The van der Waals surface area contributed by atoms with Crippen molar-refractivity contribution in [2.75, 3.05) is 13.2 Å². The van der Waals surface area contributed by atoms with Gasteiger partial charge in [0, 0.05) is 0 Å². The molecule has 0 aromatic heterocycles. The molecule has 0 aliphatic carbocycles. The fraction of sp³-hybridized carbons (Fsp3) is 0.789. The average molecular weight is 432 g/mol. The summed E-state index contributed by atoms with van der Waals surface area (Å²) in [4.78, 5) is 48.9. The van der Waals surface area contributed by atoms with Crippen LogP contribution in [0.5, 0.6) is 0 Å². The lowest BCUT2D eigenvalue weighted by molar-refractivity contribution is -0.143. The maximum atomic E-state index is 12.8. The zero-order chi connectivity index (χ0) is 23.4. The Morgan fingerprint density at radius 2 is 1.37 bits per heavy atom. The number of hydrogen-bond donors (Lipinski definition) is 7. The Labute approximate surface area is 177 Å². The Balaban J connectivity index is 5.39. The van der Waals surface area contributed by atoms with Gasteiger partial charge in [-0.2, -0.15) is 0 Å². The van der Waals surface area contributed by atoms with Crippen LogP contribution in [0.25, 0.3) is 0 Å². The van der Waals surface area contributed by atoms with Crippen LogP contribution < -0.4 is 27.4 Å². The summed E-state index contributed by atoms with van der Waals surface area (Å²) in [7, 11) is 0. The average Bonchev–Trinajstić information content (AvgIpc) is 2.67. The monoisotopic (exact) mass is 431 g/mol. The lowest BCUT2D eigenvalue weighted by Crippen LogP contribution is -2.59. The van der Waals surface area contributed by atoms with Crippen LogP contribution in [0.2, 0.25) is 0 Å². The van der Waals surface area contributed by atoms with Gasteiger partial charge in [0.25, 0.3) is 0 Å². The molecular weight excluding hydrogens is 394 g/mol. The van der Waals surface area contributed by atoms with Gasteiger partial charge in [-0.05, 0) is 37.6 Å². The Hall–Kier alpha value is -2.24. The second-order valence-electron chi connectivity index (χ2n) is 7.93. The number of carboxylic acid groups (broad SMARTS) is 1. The number of carbonyl (C=O) groups is 4. The molecule has 0 bridgehead atoms. The van der Waals surface area contributed by atoms with Gasteiger partial charge in [0.05, 0.1) is 6.61 Å². The molecule has 4 atom stereocenters. The number of nitrogens with one attached hydrogen (secondary N) is 3. The second kappa shape index (κ2) is 13.9. The standard InChI is InChI=1S/C19H37N5O6/c1-10(2)14(23-16(26)12(21)9-25)18(28)22-13(7-5-6-8-20)17(27)24-15(11(3)4)19(29)30/h10-15,25H,5-9,20-21H2,1-4H3,(H,22,28)(H,23,26)(H,24,27)(H,29,30). The van der Waals surface area contributed by atoms with Gasteiger partial charge in [0.15, 0.2) is 0 Å². The van der Waals surface area contributed by atoms with Crippen molar-refractivity contribution in [3.63, 3.8) is 0 Å². The number of carbonyl (C=O) groups excluding carboxylic acids is 3. The van der Waals surface area contributed by atoms with Crippen molar-refractivity contribution in [2.45, 2.75) is 71.1 Å². The Morgan fingerprint density at radius 1 is 0.833 bits per heavy atom. The van der Waals surface area contributed by atoms with Crippen LogP contribution in [0.3, 0.4) is 0 Å². The third-order valence-corrected chi connectivity index (χ3v) is 4.59. The van der Waals surface area contributed by atoms with Crippen molar-refractivity contribution in [2.24, 2.45) is 23.3 Å². The van der Waals surface area contributed by atoms with E-state index in [0.717, 1.165) is 0 Å². The fourth-order valence-corrected chi connectivity index (χ4v) is 2.67. The first-order chi connectivity index (χ1) is 14.0. The Morgan fingerprint density at radius 3 is 1.80 bits per heavy atom. The minimum atomic E-state index is -1.18. The molecule has 4 unspecified atom stereocenters. The molecule has 0 rings (SSSR count). The molecule has 0 fully saturated rings. The second-order valence-corrected chi connectivity index (χ2v) is 7.93. The maximum absolute atomic E-state index is 12.8. The summed E-state index contributed by atoms with van der Waals surface area (Å²) >= 11 is 0. The van der Waals surface area contributed by atoms with E-state index < -0.39 is 54.5 Å². The molecule has 174 valence electrons. The molecule has 0 radical (unpaired) electrons. The summed E-state index contributed by atoms with van der Waals surface area (Å²) in [6.07, 6.45) is 1.43. The molecule has 30 heavy (non-hydrogen) atoms. The lowest BCUT2D eigenvalue weighted by Gasteiger charge is -2.27. The number of carboxylic acids is 1. The lowest BCUT2D eigenvalue weighted by atomic mass is 10.0. The van der Waals surface area contributed by atoms with Gasteiger partial charge < -0.3 is 37.6 Å². The van der Waals surface area contributed by atoms with Crippen LogP contribution in [0, 0.1) is 11.8 Å². The number of nitrogens with two attached hydrogens (primary N) is 2. The van der Waals surface area contributed by atoms with E-state index in [9.17, 15) is 24.3 Å². The van der Waals surface area contributed by atoms with Gasteiger partial charge in [0.2, 0.25) is 17.7 Å². The molecule has 11 heteroatoms. The van der Waals surface area contributed by atoms with Crippen molar-refractivity contribution >= 4 is 23.7 Å². The van der Waals surface area contributed by atoms with Crippen molar-refractivity contribution in [3.05, 3.63) is 0 Å². The molecule has 3 amide bonds. The summed E-state index contributed by atoms with van der Waals surface area (Å²) in [5.74, 6) is -3.77. The van der Waals surface area contributed by atoms with E-state index in [1.807, 2.05) is 0 Å². The molecule has 0 aliphatic rings. The minimum Gasteiger partial charge on any atom is -0.480 e. The predicted octanol–water partition coefficient (Wildman–Crippen LogP) is -1.71. The zero-order valence-electron chi connectivity index (χ0n) is 18.2. The topological polar surface area (TPSA) is 197 Å². The molecule has 0 aromatic carbocycles. The van der Waals surface area contributed by atoms with Gasteiger partial charge in [-0.25, -0.2) is 4.79 Å². The van der Waals surface area contributed by atoms with E-state index in [2.05, 4.69) is 16.0 Å². The van der Waals surface area contributed by atoms with Gasteiger partial charge in [-0.1, -0.05) is 27.7 Å². The van der Waals surface area contributed by atoms with Crippen LogP contribution >= 0.6 is 0 Å². The highest BCUT2D eigenvalue weighted by Crippen LogP contribution is 2.08. The van der Waals surface area contributed by atoms with Crippen molar-refractivity contribution < 1.29 is 29.4 Å². The van der Waals surface area contributed by atoms with E-state index >= 15 is 0 Å². The molecule has 0 saturated heterocycles. The van der Waals surface area contributed by atoms with Crippen molar-refractivity contribution in [1.82, 2.24) is 16.0 Å². The minimum absolute atomic E-state index is 0.258. The van der Waals surface area contributed by atoms with Crippen LogP contribution in [0.15, 0.2) is 0 Å². The van der Waals surface area contributed by atoms with Gasteiger partial charge in [0.1, 0.15) is 24.2 Å². The molecular formula is C19H37N5O6. The third-order valence-electron chi connectivity index (χ3n) is 4.59. The van der Waals surface area contributed by atoms with E-state index in [4.69, 9.17) is 16.6 Å². The molecule has 11 nitrogen and oxygen atoms in total. The molecule has 0 aliphatic heterocycles. The number of aliphatic carboxylic acids is 1. The summed E-state index contributed by atoms with van der Waals surface area (Å²) < 4.78 is 0. The molecule has 0 spiro atoms. The molecule has 0 heterocycles. The van der Waals surface area contributed by atoms with Crippen molar-refractivity contribution in [3.8, 4) is 0 Å². The number of aliphatic hydroxyl groups excluding tert-OH is 1. The van der Waals surface area contributed by atoms with E-state index in [0.29, 0.717) is 19.4 Å². The summed E-state index contributed by atoms with van der Waals surface area (Å²) in [5, 5.41) is 25.9. The van der Waals surface area contributed by atoms with Gasteiger partial charge >= 0.3 is 5.97 Å². The SMILES string of the molecule is CC(C)C(NC(=O)C(CCCCN)NC(=O)C(NC(=O)C(N)CO)C(C)C)C(=O)O. The first-order valence-corrected chi connectivity index (χ1v) is 10.2. The highest BCUT2D eigenvalue weighted by Gasteiger charge is 2.32. The van der Waals surface area contributed by atoms with E-state index in [1.165, 1.54) is 0 Å². The fourth-order valence-electron chi connectivity index (χ4n) is 2.67. The number of hydrogen-bond acceptors (Lipinski definition) is 7. The third kappa shape index (κ3) is 9.51. The summed E-state index contributed by atoms with van der Waals surface area (Å²) in [6.45, 7) is 6.57. The molecule has 9 N–H and O–H groups in total. The van der Waals surface area contributed by atoms with E-state index in [-0.39, 0.29) is 18.3 Å². The number of unbranched alkanes of at least 4 members (excludes halogenated alkanes) is 1. The summed E-state index contributed by atoms with van der Waals surface area (Å²) in [5.41, 5.74) is 11.0. The quantitative estimate of drug-likeness (QED) is 0.158. The first kappa shape index (κ1) is 27.8. The highest BCUT2D eigenvalue weighted by molar-refractivity contribution is 5.94. The van der Waals surface area contributed by atoms with Gasteiger partial charge in [-0.15, -0.1) is 0 Å². The normalized spacial score (nSPS) is 15.2. The van der Waals surface area contributed by atoms with Crippen molar-refractivity contribution in [1.29, 1.82) is 0 Å². The van der Waals surface area contributed by atoms with Crippen LogP contribution in [0.1, 0.15) is 47.0 Å². The Bertz CT molecular complexity index is 584.